The van der Waals surface area contributed by atoms with Gasteiger partial charge < -0.3 is 54.2 Å². The summed E-state index contributed by atoms with van der Waals surface area (Å²) in [5.74, 6) is -5.77. The summed E-state index contributed by atoms with van der Waals surface area (Å²) in [5, 5.41) is 34.9. The predicted octanol–water partition coefficient (Wildman–Crippen LogP) is -4.11. The minimum atomic E-state index is -1.64. The van der Waals surface area contributed by atoms with Crippen LogP contribution < -0.4 is 38.9 Å². The molecule has 0 radical (unpaired) electrons. The summed E-state index contributed by atoms with van der Waals surface area (Å²) in [5.41, 5.74) is 21.5. The van der Waals surface area contributed by atoms with Crippen molar-refractivity contribution in [2.45, 2.75) is 75.7 Å². The van der Waals surface area contributed by atoms with E-state index in [0.29, 0.717) is 19.4 Å². The van der Waals surface area contributed by atoms with E-state index in [1.165, 1.54) is 6.92 Å². The number of rotatable bonds is 18. The van der Waals surface area contributed by atoms with E-state index in [4.69, 9.17) is 22.9 Å². The fraction of sp³-hybridized carbons (Fsp3) is 0.700. The third-order valence-corrected chi connectivity index (χ3v) is 4.97. The summed E-state index contributed by atoms with van der Waals surface area (Å²) in [7, 11) is 0. The molecule has 3 amide bonds. The molecule has 206 valence electrons. The van der Waals surface area contributed by atoms with Crippen molar-refractivity contribution in [2.24, 2.45) is 27.9 Å². The Kier molecular flexibility index (Phi) is 15.4. The van der Waals surface area contributed by atoms with Crippen LogP contribution in [0.15, 0.2) is 4.99 Å². The van der Waals surface area contributed by atoms with Crippen molar-refractivity contribution in [3.8, 4) is 0 Å². The van der Waals surface area contributed by atoms with Crippen molar-refractivity contribution in [1.82, 2.24) is 16.0 Å². The molecule has 0 aliphatic heterocycles. The van der Waals surface area contributed by atoms with E-state index >= 15 is 0 Å². The van der Waals surface area contributed by atoms with Crippen LogP contribution in [-0.4, -0.2) is 94.3 Å². The molecular formula is C20H38N8O8. The smallest absolute Gasteiger partial charge is 0.326 e. The molecule has 5 unspecified atom stereocenters. The van der Waals surface area contributed by atoms with Gasteiger partial charge in [-0.05, 0) is 45.6 Å². The fourth-order valence-corrected chi connectivity index (χ4v) is 2.94. The van der Waals surface area contributed by atoms with Gasteiger partial charge in [-0.2, -0.15) is 0 Å². The van der Waals surface area contributed by atoms with Gasteiger partial charge in [0.25, 0.3) is 0 Å². The lowest BCUT2D eigenvalue weighted by molar-refractivity contribution is -0.143. The molecule has 36 heavy (non-hydrogen) atoms. The van der Waals surface area contributed by atoms with Gasteiger partial charge in [-0.15, -0.1) is 0 Å². The Balaban J connectivity index is 5.49. The number of unbranched alkanes of at least 4 members (excludes halogenated alkanes) is 1. The molecule has 0 saturated heterocycles. The molecule has 0 aliphatic rings. The Labute approximate surface area is 208 Å². The van der Waals surface area contributed by atoms with Gasteiger partial charge in [-0.25, -0.2) is 4.79 Å². The quantitative estimate of drug-likeness (QED) is 0.0470. The number of guanidine groups is 1. The second-order valence-corrected chi connectivity index (χ2v) is 8.12. The van der Waals surface area contributed by atoms with Gasteiger partial charge in [0.1, 0.15) is 24.2 Å². The van der Waals surface area contributed by atoms with E-state index in [0.717, 1.165) is 0 Å². The maximum atomic E-state index is 12.9. The molecule has 0 aromatic heterocycles. The van der Waals surface area contributed by atoms with Gasteiger partial charge in [-0.3, -0.25) is 24.2 Å². The van der Waals surface area contributed by atoms with Gasteiger partial charge in [0.2, 0.25) is 17.7 Å². The van der Waals surface area contributed by atoms with Crippen molar-refractivity contribution in [2.75, 3.05) is 13.1 Å². The Bertz CT molecular complexity index is 788. The molecule has 0 fully saturated rings. The largest absolute Gasteiger partial charge is 0.481 e. The maximum Gasteiger partial charge on any atom is 0.326 e. The Morgan fingerprint density at radius 3 is 1.86 bits per heavy atom. The van der Waals surface area contributed by atoms with Crippen molar-refractivity contribution < 1.29 is 39.3 Å². The first-order chi connectivity index (χ1) is 16.8. The van der Waals surface area contributed by atoms with E-state index in [-0.39, 0.29) is 31.8 Å². The standard InChI is InChI=1S/C20H38N8O8/c1-10(29)15(22)18(34)26-11(5-2-3-7-21)16(32)28-13(9-14(30)31)17(33)27-12(19(35)36)6-4-8-25-20(23)24/h10-13,15,29H,2-9,21-22H2,1H3,(H,26,34)(H,27,33)(H,28,32)(H,30,31)(H,35,36)(H4,23,24,25). The summed E-state index contributed by atoms with van der Waals surface area (Å²) < 4.78 is 0. The first kappa shape index (κ1) is 32.5. The lowest BCUT2D eigenvalue weighted by atomic mass is 10.1. The molecule has 0 saturated carbocycles. The van der Waals surface area contributed by atoms with E-state index in [1.807, 2.05) is 0 Å². The first-order valence-corrected chi connectivity index (χ1v) is 11.3. The van der Waals surface area contributed by atoms with E-state index in [9.17, 15) is 39.3 Å². The summed E-state index contributed by atoms with van der Waals surface area (Å²) >= 11 is 0. The van der Waals surface area contributed by atoms with Crippen LogP contribution in [0.25, 0.3) is 0 Å². The van der Waals surface area contributed by atoms with Crippen LogP contribution in [0.3, 0.4) is 0 Å². The third kappa shape index (κ3) is 13.4. The van der Waals surface area contributed by atoms with Crippen molar-refractivity contribution >= 4 is 35.6 Å². The number of nitrogens with zero attached hydrogens (tertiary/aromatic N) is 1. The van der Waals surface area contributed by atoms with E-state index in [1.54, 1.807) is 0 Å². The molecule has 16 nitrogen and oxygen atoms in total. The minimum absolute atomic E-state index is 0.0689. The average Bonchev–Trinajstić information content (AvgIpc) is 2.78. The van der Waals surface area contributed by atoms with Gasteiger partial charge >= 0.3 is 11.9 Å². The zero-order valence-corrected chi connectivity index (χ0v) is 20.2. The van der Waals surface area contributed by atoms with Crippen molar-refractivity contribution in [3.05, 3.63) is 0 Å². The number of carbonyl (C=O) groups excluding carboxylic acids is 3. The number of aliphatic carboxylic acids is 2. The van der Waals surface area contributed by atoms with Gasteiger partial charge in [-0.1, -0.05) is 0 Å². The van der Waals surface area contributed by atoms with Crippen molar-refractivity contribution in [1.29, 1.82) is 0 Å². The number of aliphatic imine (C=N–C) groups is 1. The number of carboxylic acid groups (broad SMARTS) is 2. The number of carboxylic acids is 2. The maximum absolute atomic E-state index is 12.9. The zero-order valence-electron chi connectivity index (χ0n) is 20.2. The topological polar surface area (TPSA) is 299 Å². The highest BCUT2D eigenvalue weighted by molar-refractivity contribution is 5.95. The highest BCUT2D eigenvalue weighted by Gasteiger charge is 2.31. The molecular weight excluding hydrogens is 480 g/mol. The fourth-order valence-electron chi connectivity index (χ4n) is 2.94. The monoisotopic (exact) mass is 518 g/mol. The number of hydrogen-bond donors (Lipinski definition) is 10. The van der Waals surface area contributed by atoms with Crippen LogP contribution in [0.2, 0.25) is 0 Å². The van der Waals surface area contributed by atoms with Crippen LogP contribution in [0.5, 0.6) is 0 Å². The summed E-state index contributed by atoms with van der Waals surface area (Å²) in [6.45, 7) is 1.71. The van der Waals surface area contributed by atoms with Crippen molar-refractivity contribution in [3.63, 3.8) is 0 Å². The number of nitrogens with one attached hydrogen (secondary N) is 3. The van der Waals surface area contributed by atoms with Crippen LogP contribution in [0.4, 0.5) is 0 Å². The molecule has 16 heteroatoms. The number of aliphatic hydroxyl groups is 1. The van der Waals surface area contributed by atoms with Gasteiger partial charge in [0.15, 0.2) is 5.96 Å². The molecule has 0 spiro atoms. The SMILES string of the molecule is CC(O)C(N)C(=O)NC(CCCCN)C(=O)NC(CC(=O)O)C(=O)NC(CCCN=C(N)N)C(=O)O. The zero-order chi connectivity index (χ0) is 27.8. The molecule has 5 atom stereocenters. The lowest BCUT2D eigenvalue weighted by Crippen LogP contribution is -2.58. The molecule has 0 aromatic carbocycles. The van der Waals surface area contributed by atoms with E-state index in [2.05, 4.69) is 20.9 Å². The predicted molar refractivity (Wildman–Crippen MR) is 128 cm³/mol. The number of aliphatic hydroxyl groups excluding tert-OH is 1. The summed E-state index contributed by atoms with van der Waals surface area (Å²) in [6.07, 6.45) is -0.917. The highest BCUT2D eigenvalue weighted by Crippen LogP contribution is 2.06. The number of carbonyl (C=O) groups is 5. The Morgan fingerprint density at radius 2 is 1.36 bits per heavy atom. The summed E-state index contributed by atoms with van der Waals surface area (Å²) in [6, 6.07) is -5.59. The molecule has 0 aliphatic carbocycles. The van der Waals surface area contributed by atoms with Gasteiger partial charge in [0.05, 0.1) is 12.5 Å². The van der Waals surface area contributed by atoms with E-state index < -0.39 is 66.4 Å². The Hall–Kier alpha value is -3.50. The highest BCUT2D eigenvalue weighted by atomic mass is 16.4. The second-order valence-electron chi connectivity index (χ2n) is 8.12. The number of amides is 3. The average molecular weight is 519 g/mol. The number of nitrogens with two attached hydrogens (primary N) is 4. The minimum Gasteiger partial charge on any atom is -0.481 e. The lowest BCUT2D eigenvalue weighted by Gasteiger charge is -2.25. The van der Waals surface area contributed by atoms with Gasteiger partial charge in [0, 0.05) is 6.54 Å². The Morgan fingerprint density at radius 1 is 0.833 bits per heavy atom. The first-order valence-electron chi connectivity index (χ1n) is 11.3. The molecule has 0 rings (SSSR count). The normalized spacial score (nSPS) is 14.9. The molecule has 0 bridgehead atoms. The third-order valence-electron chi connectivity index (χ3n) is 4.97. The van der Waals surface area contributed by atoms with Crippen LogP contribution in [0, 0.1) is 0 Å². The van der Waals surface area contributed by atoms with Crippen LogP contribution in [0.1, 0.15) is 45.4 Å². The molecule has 0 aromatic rings. The second kappa shape index (κ2) is 17.0. The molecule has 0 heterocycles. The summed E-state index contributed by atoms with van der Waals surface area (Å²) in [4.78, 5) is 64.4. The number of hydrogen-bond acceptors (Lipinski definition) is 9. The molecule has 14 N–H and O–H groups in total. The van der Waals surface area contributed by atoms with Crippen LogP contribution >= 0.6 is 0 Å². The van der Waals surface area contributed by atoms with Crippen LogP contribution in [-0.2, 0) is 24.0 Å².